The molecule has 0 amide bonds. The first-order valence-electron chi connectivity index (χ1n) is 1.71. The zero-order valence-corrected chi connectivity index (χ0v) is 4.23. The molecule has 0 aromatic heterocycles. The van der Waals surface area contributed by atoms with Crippen molar-refractivity contribution in [1.82, 2.24) is 0 Å². The molecule has 0 unspecified atom stereocenters. The zero-order valence-electron chi connectivity index (χ0n) is 3.33. The van der Waals surface area contributed by atoms with E-state index in [0.717, 1.165) is 0 Å². The van der Waals surface area contributed by atoms with Gasteiger partial charge >= 0.3 is 0 Å². The minimum absolute atomic E-state index is 0.191. The van der Waals surface area contributed by atoms with Gasteiger partial charge in [0.05, 0.1) is 12.7 Å². The molecule has 0 aliphatic rings. The van der Waals surface area contributed by atoms with Crippen LogP contribution in [-0.4, -0.2) is 28.7 Å². The molecule has 0 aliphatic carbocycles. The number of aliphatic hydroxyl groups is 2. The maximum Gasteiger partial charge on any atom is 0.0858 e. The minimum Gasteiger partial charge on any atom is -0.394 e. The van der Waals surface area contributed by atoms with Gasteiger partial charge < -0.3 is 10.2 Å². The van der Waals surface area contributed by atoms with E-state index in [1.54, 1.807) is 0 Å². The topological polar surface area (TPSA) is 40.5 Å². The molecule has 0 radical (unpaired) electrons. The highest BCUT2D eigenvalue weighted by Gasteiger charge is 1.92. The molecule has 0 fully saturated rings. The van der Waals surface area contributed by atoms with Crippen molar-refractivity contribution in [2.45, 2.75) is 6.10 Å². The van der Waals surface area contributed by atoms with Gasteiger partial charge in [0, 0.05) is 5.75 Å². The van der Waals surface area contributed by atoms with E-state index in [1.807, 2.05) is 0 Å². The molecule has 3 heteroatoms. The highest BCUT2D eigenvalue weighted by atomic mass is 32.1. The Bertz CT molecular complexity index is 28.0. The Morgan fingerprint density at radius 3 is 2.17 bits per heavy atom. The lowest BCUT2D eigenvalue weighted by atomic mass is 10.4. The second-order valence-electron chi connectivity index (χ2n) is 1.02. The fourth-order valence-electron chi connectivity index (χ4n) is 0.0577. The SMILES string of the molecule is OC[C@@H](O)CS. The van der Waals surface area contributed by atoms with Crippen LogP contribution in [0.25, 0.3) is 0 Å². The molecule has 0 heterocycles. The highest BCUT2D eigenvalue weighted by Crippen LogP contribution is 1.81. The van der Waals surface area contributed by atoms with Crippen molar-refractivity contribution < 1.29 is 10.2 Å². The molecular formula is C3H8O2S. The molecule has 0 bridgehead atoms. The van der Waals surface area contributed by atoms with Crippen molar-refractivity contribution in [2.75, 3.05) is 12.4 Å². The van der Waals surface area contributed by atoms with Crippen LogP contribution < -0.4 is 0 Å². The third-order valence-corrected chi connectivity index (χ3v) is 0.843. The summed E-state index contributed by atoms with van der Waals surface area (Å²) in [5.74, 6) is 0.330. The van der Waals surface area contributed by atoms with Gasteiger partial charge in [-0.05, 0) is 0 Å². The molecule has 0 rings (SSSR count). The van der Waals surface area contributed by atoms with Crippen molar-refractivity contribution in [2.24, 2.45) is 0 Å². The molecule has 38 valence electrons. The largest absolute Gasteiger partial charge is 0.394 e. The molecule has 0 spiro atoms. The summed E-state index contributed by atoms with van der Waals surface area (Å²) in [4.78, 5) is 0. The van der Waals surface area contributed by atoms with Crippen LogP contribution in [0.3, 0.4) is 0 Å². The van der Waals surface area contributed by atoms with Crippen LogP contribution in [-0.2, 0) is 0 Å². The van der Waals surface area contributed by atoms with E-state index in [0.29, 0.717) is 5.75 Å². The summed E-state index contributed by atoms with van der Waals surface area (Å²) in [6.07, 6.45) is -0.645. The number of rotatable bonds is 2. The smallest absolute Gasteiger partial charge is 0.0858 e. The van der Waals surface area contributed by atoms with E-state index in [-0.39, 0.29) is 6.61 Å². The summed E-state index contributed by atoms with van der Waals surface area (Å²) < 4.78 is 0. The fourth-order valence-corrected chi connectivity index (χ4v) is 0.173. The first-order chi connectivity index (χ1) is 2.81. The predicted octanol–water partition coefficient (Wildman–Crippen LogP) is -0.731. The first-order valence-corrected chi connectivity index (χ1v) is 2.34. The van der Waals surface area contributed by atoms with E-state index in [1.165, 1.54) is 0 Å². The third kappa shape index (κ3) is 2.50. The second kappa shape index (κ2) is 3.46. The minimum atomic E-state index is -0.645. The Morgan fingerprint density at radius 2 is 2.17 bits per heavy atom. The number of hydrogen-bond acceptors (Lipinski definition) is 3. The summed E-state index contributed by atoms with van der Waals surface area (Å²) in [7, 11) is 0. The first kappa shape index (κ1) is 6.27. The molecule has 2 N–H and O–H groups in total. The van der Waals surface area contributed by atoms with Crippen LogP contribution >= 0.6 is 12.6 Å². The van der Waals surface area contributed by atoms with Gasteiger partial charge in [-0.3, -0.25) is 0 Å². The van der Waals surface area contributed by atoms with Gasteiger partial charge in [0.2, 0.25) is 0 Å². The quantitative estimate of drug-likeness (QED) is 0.408. The molecule has 0 saturated carbocycles. The maximum absolute atomic E-state index is 8.34. The van der Waals surface area contributed by atoms with Crippen LogP contribution in [0.4, 0.5) is 0 Å². The molecule has 1 atom stereocenters. The number of thiol groups is 1. The Labute approximate surface area is 42.2 Å². The molecular weight excluding hydrogens is 100 g/mol. The summed E-state index contributed by atoms with van der Waals surface area (Å²) in [5.41, 5.74) is 0. The normalized spacial score (nSPS) is 14.5. The predicted molar refractivity (Wildman–Crippen MR) is 26.9 cm³/mol. The average molecular weight is 108 g/mol. The Balaban J connectivity index is 2.75. The molecule has 2 nitrogen and oxygen atoms in total. The van der Waals surface area contributed by atoms with Crippen LogP contribution in [0, 0.1) is 0 Å². The van der Waals surface area contributed by atoms with E-state index < -0.39 is 6.10 Å². The number of hydrogen-bond donors (Lipinski definition) is 3. The van der Waals surface area contributed by atoms with Crippen molar-refractivity contribution in [3.8, 4) is 0 Å². The van der Waals surface area contributed by atoms with Crippen LogP contribution in [0.2, 0.25) is 0 Å². The molecule has 6 heavy (non-hydrogen) atoms. The summed E-state index contributed by atoms with van der Waals surface area (Å²) >= 11 is 3.69. The van der Waals surface area contributed by atoms with Crippen molar-refractivity contribution in [3.05, 3.63) is 0 Å². The van der Waals surface area contributed by atoms with Crippen molar-refractivity contribution in [1.29, 1.82) is 0 Å². The second-order valence-corrected chi connectivity index (χ2v) is 1.38. The van der Waals surface area contributed by atoms with Crippen LogP contribution in [0.1, 0.15) is 0 Å². The van der Waals surface area contributed by atoms with Gasteiger partial charge in [0.25, 0.3) is 0 Å². The van der Waals surface area contributed by atoms with Gasteiger partial charge in [0.1, 0.15) is 0 Å². The van der Waals surface area contributed by atoms with E-state index in [9.17, 15) is 0 Å². The summed E-state index contributed by atoms with van der Waals surface area (Å²) in [6, 6.07) is 0. The van der Waals surface area contributed by atoms with Crippen molar-refractivity contribution >= 4 is 12.6 Å². The molecule has 0 saturated heterocycles. The van der Waals surface area contributed by atoms with Crippen LogP contribution in [0.5, 0.6) is 0 Å². The van der Waals surface area contributed by atoms with Gasteiger partial charge in [0.15, 0.2) is 0 Å². The average Bonchev–Trinajstić information content (AvgIpc) is 1.65. The van der Waals surface area contributed by atoms with Gasteiger partial charge in [-0.25, -0.2) is 0 Å². The van der Waals surface area contributed by atoms with E-state index >= 15 is 0 Å². The van der Waals surface area contributed by atoms with E-state index in [4.69, 9.17) is 10.2 Å². The van der Waals surface area contributed by atoms with Gasteiger partial charge in [-0.1, -0.05) is 0 Å². The zero-order chi connectivity index (χ0) is 4.99. The van der Waals surface area contributed by atoms with Crippen molar-refractivity contribution in [3.63, 3.8) is 0 Å². The lowest BCUT2D eigenvalue weighted by Crippen LogP contribution is -2.12. The fraction of sp³-hybridized carbons (Fsp3) is 1.00. The Kier molecular flexibility index (Phi) is 3.62. The van der Waals surface area contributed by atoms with Crippen LogP contribution in [0.15, 0.2) is 0 Å². The summed E-state index contributed by atoms with van der Waals surface area (Å²) in [5, 5.41) is 16.4. The van der Waals surface area contributed by atoms with Gasteiger partial charge in [-0.15, -0.1) is 0 Å². The Morgan fingerprint density at radius 1 is 1.67 bits per heavy atom. The summed E-state index contributed by atoms with van der Waals surface area (Å²) in [6.45, 7) is -0.191. The van der Waals surface area contributed by atoms with E-state index in [2.05, 4.69) is 12.6 Å². The monoisotopic (exact) mass is 108 g/mol. The Hall–Kier alpha value is 0.270. The molecule has 0 aliphatic heterocycles. The standard InChI is InChI=1S/C3H8O2S/c4-1-3(5)2-6/h3-6H,1-2H2/t3-/m1/s1. The third-order valence-electron chi connectivity index (χ3n) is 0.421. The van der Waals surface area contributed by atoms with Gasteiger partial charge in [-0.2, -0.15) is 12.6 Å². The lowest BCUT2D eigenvalue weighted by molar-refractivity contribution is 0.114. The molecule has 0 aromatic rings. The molecule has 0 aromatic carbocycles. The highest BCUT2D eigenvalue weighted by molar-refractivity contribution is 7.80. The lowest BCUT2D eigenvalue weighted by Gasteiger charge is -1.96. The maximum atomic E-state index is 8.34. The number of aliphatic hydroxyl groups excluding tert-OH is 2.